The van der Waals surface area contributed by atoms with E-state index in [1.54, 1.807) is 0 Å². The molecule has 0 atom stereocenters. The maximum absolute atomic E-state index is 13.6. The first-order chi connectivity index (χ1) is 7.12. The number of hydrogen-bond acceptors (Lipinski definition) is 1. The van der Waals surface area contributed by atoms with Gasteiger partial charge in [0, 0.05) is 12.6 Å². The molecule has 0 aromatic carbocycles. The molecule has 0 saturated carbocycles. The number of hydrogen-bond donors (Lipinski definition) is 1. The predicted octanol–water partition coefficient (Wildman–Crippen LogP) is 3.34. The summed E-state index contributed by atoms with van der Waals surface area (Å²) in [6.45, 7) is 5.38. The standard InChI is InChI=1S/C11H14F3N/c1-4-6-8(9(13)7-12)11(14)10(5-2)15-3/h4-5,15H,1-2,6-7H2,3H3/b9-8+,11-10+. The summed E-state index contributed by atoms with van der Waals surface area (Å²) >= 11 is 0. The van der Waals surface area contributed by atoms with Crippen LogP contribution in [0.1, 0.15) is 6.42 Å². The molecule has 84 valence electrons. The normalized spacial score (nSPS) is 13.9. The van der Waals surface area contributed by atoms with Crippen LogP contribution in [-0.2, 0) is 0 Å². The lowest BCUT2D eigenvalue weighted by Gasteiger charge is -2.07. The fraction of sp³-hybridized carbons (Fsp3) is 0.273. The summed E-state index contributed by atoms with van der Waals surface area (Å²) < 4.78 is 38.7. The van der Waals surface area contributed by atoms with Crippen LogP contribution in [0.4, 0.5) is 13.2 Å². The van der Waals surface area contributed by atoms with Gasteiger partial charge in [0.05, 0.1) is 5.70 Å². The van der Waals surface area contributed by atoms with Crippen LogP contribution < -0.4 is 5.32 Å². The highest BCUT2D eigenvalue weighted by Crippen LogP contribution is 2.24. The molecule has 0 rings (SSSR count). The molecular weight excluding hydrogens is 203 g/mol. The molecule has 0 aromatic heterocycles. The van der Waals surface area contributed by atoms with Crippen molar-refractivity contribution < 1.29 is 13.2 Å². The molecule has 0 bridgehead atoms. The van der Waals surface area contributed by atoms with E-state index >= 15 is 0 Å². The molecule has 1 N–H and O–H groups in total. The van der Waals surface area contributed by atoms with Crippen molar-refractivity contribution in [3.05, 3.63) is 48.2 Å². The van der Waals surface area contributed by atoms with Crippen molar-refractivity contribution in [3.63, 3.8) is 0 Å². The Morgan fingerprint density at radius 1 is 1.33 bits per heavy atom. The number of halogens is 3. The van der Waals surface area contributed by atoms with Crippen LogP contribution in [0.2, 0.25) is 0 Å². The van der Waals surface area contributed by atoms with Gasteiger partial charge in [0.2, 0.25) is 0 Å². The Labute approximate surface area is 87.7 Å². The molecule has 0 saturated heterocycles. The van der Waals surface area contributed by atoms with Crippen LogP contribution in [0.5, 0.6) is 0 Å². The van der Waals surface area contributed by atoms with Crippen molar-refractivity contribution in [3.8, 4) is 0 Å². The minimum absolute atomic E-state index is 0.0236. The van der Waals surface area contributed by atoms with Crippen LogP contribution in [0.15, 0.2) is 48.2 Å². The molecule has 0 amide bonds. The summed E-state index contributed by atoms with van der Waals surface area (Å²) in [5.74, 6) is -1.97. The highest BCUT2D eigenvalue weighted by molar-refractivity contribution is 5.37. The Balaban J connectivity index is 5.35. The molecule has 15 heavy (non-hydrogen) atoms. The van der Waals surface area contributed by atoms with Crippen molar-refractivity contribution in [1.82, 2.24) is 5.32 Å². The van der Waals surface area contributed by atoms with Crippen molar-refractivity contribution in [2.75, 3.05) is 13.7 Å². The van der Waals surface area contributed by atoms with E-state index in [2.05, 4.69) is 18.5 Å². The lowest BCUT2D eigenvalue weighted by molar-refractivity contribution is 0.447. The average molecular weight is 217 g/mol. The smallest absolute Gasteiger partial charge is 0.152 e. The molecule has 4 heteroatoms. The van der Waals surface area contributed by atoms with E-state index in [0.717, 1.165) is 0 Å². The number of nitrogens with one attached hydrogen (secondary N) is 1. The second-order valence-corrected chi connectivity index (χ2v) is 2.69. The van der Waals surface area contributed by atoms with E-state index in [0.29, 0.717) is 0 Å². The van der Waals surface area contributed by atoms with Gasteiger partial charge < -0.3 is 5.32 Å². The molecule has 0 spiro atoms. The van der Waals surface area contributed by atoms with Gasteiger partial charge in [0.15, 0.2) is 5.83 Å². The van der Waals surface area contributed by atoms with E-state index in [1.165, 1.54) is 19.2 Å². The first kappa shape index (κ1) is 13.5. The van der Waals surface area contributed by atoms with Gasteiger partial charge in [-0.15, -0.1) is 6.58 Å². The molecule has 0 unspecified atom stereocenters. The second kappa shape index (κ2) is 6.92. The van der Waals surface area contributed by atoms with E-state index in [9.17, 15) is 13.2 Å². The maximum atomic E-state index is 13.6. The number of allylic oxidation sites excluding steroid dienone is 5. The Morgan fingerprint density at radius 2 is 1.93 bits per heavy atom. The van der Waals surface area contributed by atoms with Crippen LogP contribution >= 0.6 is 0 Å². The summed E-state index contributed by atoms with van der Waals surface area (Å²) in [5, 5.41) is 2.50. The van der Waals surface area contributed by atoms with Crippen molar-refractivity contribution in [2.45, 2.75) is 6.42 Å². The average Bonchev–Trinajstić information content (AvgIpc) is 2.26. The van der Waals surface area contributed by atoms with Gasteiger partial charge in [-0.05, 0) is 12.5 Å². The zero-order chi connectivity index (χ0) is 11.8. The third-order valence-electron chi connectivity index (χ3n) is 1.77. The third kappa shape index (κ3) is 3.65. The molecule has 1 nitrogen and oxygen atoms in total. The molecule has 0 aromatic rings. The monoisotopic (exact) mass is 217 g/mol. The predicted molar refractivity (Wildman–Crippen MR) is 56.3 cm³/mol. The number of likely N-dealkylation sites (N-methyl/N-ethyl adjacent to an activating group) is 1. The SMILES string of the molecule is C=CCC(=C(\F)CF)/C(F)=C(/C=C)NC. The molecule has 0 aliphatic heterocycles. The second-order valence-electron chi connectivity index (χ2n) is 2.69. The Bertz CT molecular complexity index is 303. The zero-order valence-corrected chi connectivity index (χ0v) is 8.62. The molecular formula is C11H14F3N. The van der Waals surface area contributed by atoms with Gasteiger partial charge in [0.25, 0.3) is 0 Å². The summed E-state index contributed by atoms with van der Waals surface area (Å²) in [5.41, 5.74) is -0.313. The highest BCUT2D eigenvalue weighted by atomic mass is 19.2. The Morgan fingerprint density at radius 3 is 2.27 bits per heavy atom. The molecule has 0 heterocycles. The van der Waals surface area contributed by atoms with Crippen LogP contribution in [0, 0.1) is 0 Å². The summed E-state index contributed by atoms with van der Waals surface area (Å²) in [7, 11) is 1.47. The maximum Gasteiger partial charge on any atom is 0.152 e. The van der Waals surface area contributed by atoms with E-state index in [-0.39, 0.29) is 17.7 Å². The fourth-order valence-electron chi connectivity index (χ4n) is 1.01. The lowest BCUT2D eigenvalue weighted by Crippen LogP contribution is -2.07. The van der Waals surface area contributed by atoms with E-state index in [1.807, 2.05) is 0 Å². The van der Waals surface area contributed by atoms with Crippen LogP contribution in [-0.4, -0.2) is 13.7 Å². The molecule has 0 aliphatic carbocycles. The van der Waals surface area contributed by atoms with Crippen molar-refractivity contribution >= 4 is 0 Å². The van der Waals surface area contributed by atoms with Gasteiger partial charge in [0.1, 0.15) is 12.5 Å². The van der Waals surface area contributed by atoms with Crippen molar-refractivity contribution in [2.24, 2.45) is 0 Å². The summed E-state index contributed by atoms with van der Waals surface area (Å²) in [6.07, 6.45) is 2.44. The largest absolute Gasteiger partial charge is 0.386 e. The molecule has 0 aliphatic rings. The van der Waals surface area contributed by atoms with Gasteiger partial charge in [-0.3, -0.25) is 0 Å². The minimum atomic E-state index is -1.33. The van der Waals surface area contributed by atoms with Gasteiger partial charge in [-0.25, -0.2) is 13.2 Å². The lowest BCUT2D eigenvalue weighted by atomic mass is 10.1. The molecule has 0 fully saturated rings. The topological polar surface area (TPSA) is 12.0 Å². The number of rotatable bonds is 6. The van der Waals surface area contributed by atoms with Crippen molar-refractivity contribution in [1.29, 1.82) is 0 Å². The van der Waals surface area contributed by atoms with Gasteiger partial charge >= 0.3 is 0 Å². The summed E-state index contributed by atoms with van der Waals surface area (Å²) in [4.78, 5) is 0. The Hall–Kier alpha value is -1.45. The Kier molecular flexibility index (Phi) is 6.25. The van der Waals surface area contributed by atoms with E-state index < -0.39 is 18.3 Å². The highest BCUT2D eigenvalue weighted by Gasteiger charge is 2.13. The quantitative estimate of drug-likeness (QED) is 0.531. The van der Waals surface area contributed by atoms with Crippen LogP contribution in [0.25, 0.3) is 0 Å². The third-order valence-corrected chi connectivity index (χ3v) is 1.77. The fourth-order valence-corrected chi connectivity index (χ4v) is 1.01. The minimum Gasteiger partial charge on any atom is -0.386 e. The zero-order valence-electron chi connectivity index (χ0n) is 8.62. The van der Waals surface area contributed by atoms with Gasteiger partial charge in [-0.2, -0.15) is 0 Å². The van der Waals surface area contributed by atoms with Gasteiger partial charge in [-0.1, -0.05) is 12.7 Å². The first-order valence-corrected chi connectivity index (χ1v) is 4.37. The first-order valence-electron chi connectivity index (χ1n) is 4.37. The number of alkyl halides is 1. The van der Waals surface area contributed by atoms with Crippen LogP contribution in [0.3, 0.4) is 0 Å². The van der Waals surface area contributed by atoms with E-state index in [4.69, 9.17) is 0 Å². The summed E-state index contributed by atoms with van der Waals surface area (Å²) in [6, 6.07) is 0. The molecule has 0 radical (unpaired) electrons.